The molecule has 1 N–H and O–H groups in total. The average molecular weight is 288 g/mol. The van der Waals surface area contributed by atoms with Gasteiger partial charge in [0.1, 0.15) is 9.84 Å². The quantitative estimate of drug-likeness (QED) is 0.850. The van der Waals surface area contributed by atoms with Crippen LogP contribution in [0.1, 0.15) is 58.8 Å². The minimum atomic E-state index is -2.97. The van der Waals surface area contributed by atoms with Gasteiger partial charge < -0.3 is 5.11 Å². The number of aliphatic hydroxyl groups is 1. The summed E-state index contributed by atoms with van der Waals surface area (Å²) in [6, 6.07) is 0. The third-order valence-corrected chi connectivity index (χ3v) is 7.46. The Morgan fingerprint density at radius 1 is 1.11 bits per heavy atom. The summed E-state index contributed by atoms with van der Waals surface area (Å²) in [4.78, 5) is 0. The van der Waals surface area contributed by atoms with Crippen molar-refractivity contribution in [2.75, 3.05) is 6.26 Å². The number of hydrogen-bond acceptors (Lipinski definition) is 3. The average Bonchev–Trinajstić information content (AvgIpc) is 2.35. The molecular weight excluding hydrogens is 260 g/mol. The van der Waals surface area contributed by atoms with Gasteiger partial charge in [-0.3, -0.25) is 0 Å². The monoisotopic (exact) mass is 288 g/mol. The molecule has 0 bridgehead atoms. The molecule has 0 aromatic rings. The van der Waals surface area contributed by atoms with Crippen LogP contribution in [0.3, 0.4) is 0 Å². The first-order chi connectivity index (χ1) is 8.75. The van der Waals surface area contributed by atoms with Gasteiger partial charge in [-0.05, 0) is 43.4 Å². The lowest BCUT2D eigenvalue weighted by Gasteiger charge is -2.49. The van der Waals surface area contributed by atoms with Crippen LogP contribution in [0, 0.1) is 17.8 Å². The fourth-order valence-corrected chi connectivity index (χ4v) is 5.42. The first-order valence-corrected chi connectivity index (χ1v) is 9.62. The second kappa shape index (κ2) is 5.36. The van der Waals surface area contributed by atoms with Crippen molar-refractivity contribution in [3.63, 3.8) is 0 Å². The summed E-state index contributed by atoms with van der Waals surface area (Å²) in [5.74, 6) is 0.987. The van der Waals surface area contributed by atoms with E-state index in [1.807, 2.05) is 0 Å². The van der Waals surface area contributed by atoms with Crippen molar-refractivity contribution < 1.29 is 13.5 Å². The normalized spacial score (nSPS) is 45.1. The van der Waals surface area contributed by atoms with Crippen molar-refractivity contribution in [3.8, 4) is 0 Å². The van der Waals surface area contributed by atoms with Crippen LogP contribution in [-0.4, -0.2) is 30.6 Å². The molecule has 0 aromatic carbocycles. The fourth-order valence-electron chi connectivity index (χ4n) is 4.24. The van der Waals surface area contributed by atoms with Crippen molar-refractivity contribution in [2.24, 2.45) is 17.8 Å². The van der Waals surface area contributed by atoms with Gasteiger partial charge >= 0.3 is 0 Å². The van der Waals surface area contributed by atoms with E-state index in [1.165, 1.54) is 12.7 Å². The third kappa shape index (κ3) is 2.99. The van der Waals surface area contributed by atoms with E-state index in [9.17, 15) is 13.5 Å². The van der Waals surface area contributed by atoms with Gasteiger partial charge in [0.2, 0.25) is 0 Å². The Morgan fingerprint density at radius 3 is 2.42 bits per heavy atom. The van der Waals surface area contributed by atoms with Gasteiger partial charge in [-0.1, -0.05) is 33.1 Å². The number of hydrogen-bond donors (Lipinski definition) is 1. The molecule has 5 unspecified atom stereocenters. The highest BCUT2D eigenvalue weighted by Gasteiger charge is 2.47. The molecule has 5 atom stereocenters. The maximum absolute atomic E-state index is 11.8. The van der Waals surface area contributed by atoms with E-state index in [-0.39, 0.29) is 17.1 Å². The molecule has 3 nitrogen and oxygen atoms in total. The Balaban J connectivity index is 2.16. The van der Waals surface area contributed by atoms with E-state index in [2.05, 4.69) is 13.8 Å². The zero-order chi connectivity index (χ0) is 14.3. The van der Waals surface area contributed by atoms with Crippen molar-refractivity contribution in [2.45, 2.75) is 69.6 Å². The SMILES string of the molecule is CC1CCCC(O)(C2CCCC(S(C)(=O)=O)C2)C1C. The van der Waals surface area contributed by atoms with Crippen LogP contribution in [0.2, 0.25) is 0 Å². The first kappa shape index (κ1) is 15.3. The summed E-state index contributed by atoms with van der Waals surface area (Å²) < 4.78 is 23.6. The van der Waals surface area contributed by atoms with Gasteiger partial charge in [0.15, 0.2) is 0 Å². The molecule has 112 valence electrons. The molecule has 0 spiro atoms. The van der Waals surface area contributed by atoms with E-state index < -0.39 is 15.4 Å². The number of sulfone groups is 1. The predicted molar refractivity (Wildman–Crippen MR) is 77.7 cm³/mol. The van der Waals surface area contributed by atoms with Gasteiger partial charge in [-0.25, -0.2) is 8.42 Å². The second-order valence-electron chi connectivity index (χ2n) is 6.96. The van der Waals surface area contributed by atoms with Gasteiger partial charge in [0.25, 0.3) is 0 Å². The second-order valence-corrected chi connectivity index (χ2v) is 9.29. The molecule has 0 aliphatic heterocycles. The highest BCUT2D eigenvalue weighted by Crippen LogP contribution is 2.47. The summed E-state index contributed by atoms with van der Waals surface area (Å²) in [6.45, 7) is 4.36. The Hall–Kier alpha value is -0.0900. The molecule has 0 heterocycles. The molecule has 0 saturated heterocycles. The summed E-state index contributed by atoms with van der Waals surface area (Å²) in [5.41, 5.74) is -0.638. The van der Waals surface area contributed by atoms with Crippen molar-refractivity contribution in [1.82, 2.24) is 0 Å². The molecule has 2 fully saturated rings. The summed E-state index contributed by atoms with van der Waals surface area (Å²) in [6.07, 6.45) is 7.80. The van der Waals surface area contributed by atoms with Crippen LogP contribution in [-0.2, 0) is 9.84 Å². The van der Waals surface area contributed by atoms with Crippen molar-refractivity contribution in [3.05, 3.63) is 0 Å². The smallest absolute Gasteiger partial charge is 0.150 e. The third-order valence-electron chi connectivity index (χ3n) is 5.82. The Bertz CT molecular complexity index is 417. The molecule has 0 aromatic heterocycles. The topological polar surface area (TPSA) is 54.4 Å². The molecule has 0 radical (unpaired) electrons. The predicted octanol–water partition coefficient (Wildman–Crippen LogP) is 2.78. The van der Waals surface area contributed by atoms with E-state index in [4.69, 9.17) is 0 Å². The summed E-state index contributed by atoms with van der Waals surface area (Å²) in [7, 11) is -2.97. The van der Waals surface area contributed by atoms with Crippen molar-refractivity contribution >= 4 is 9.84 Å². The molecule has 2 saturated carbocycles. The molecular formula is C15H28O3S. The summed E-state index contributed by atoms with van der Waals surface area (Å²) in [5, 5.41) is 10.9. The van der Waals surface area contributed by atoms with E-state index >= 15 is 0 Å². The Labute approximate surface area is 117 Å². The van der Waals surface area contributed by atoms with Gasteiger partial charge in [0, 0.05) is 6.26 Å². The minimum absolute atomic E-state index is 0.165. The van der Waals surface area contributed by atoms with Gasteiger partial charge in [-0.15, -0.1) is 0 Å². The van der Waals surface area contributed by atoms with Gasteiger partial charge in [-0.2, -0.15) is 0 Å². The van der Waals surface area contributed by atoms with Crippen LogP contribution >= 0.6 is 0 Å². The maximum Gasteiger partial charge on any atom is 0.150 e. The van der Waals surface area contributed by atoms with Crippen molar-refractivity contribution in [1.29, 1.82) is 0 Å². The van der Waals surface area contributed by atoms with Gasteiger partial charge in [0.05, 0.1) is 10.9 Å². The fraction of sp³-hybridized carbons (Fsp3) is 1.00. The largest absolute Gasteiger partial charge is 0.389 e. The van der Waals surface area contributed by atoms with Crippen LogP contribution in [0.15, 0.2) is 0 Å². The Kier molecular flexibility index (Phi) is 4.32. The lowest BCUT2D eigenvalue weighted by atomic mass is 9.62. The molecule has 0 amide bonds. The van der Waals surface area contributed by atoms with E-state index in [0.717, 1.165) is 32.1 Å². The lowest BCUT2D eigenvalue weighted by molar-refractivity contribution is -0.115. The van der Waals surface area contributed by atoms with E-state index in [1.54, 1.807) is 0 Å². The van der Waals surface area contributed by atoms with Crippen LogP contribution in [0.4, 0.5) is 0 Å². The Morgan fingerprint density at radius 2 is 1.79 bits per heavy atom. The minimum Gasteiger partial charge on any atom is -0.389 e. The molecule has 2 aliphatic rings. The van der Waals surface area contributed by atoms with E-state index in [0.29, 0.717) is 12.3 Å². The first-order valence-electron chi connectivity index (χ1n) is 7.66. The van der Waals surface area contributed by atoms with Crippen LogP contribution in [0.5, 0.6) is 0 Å². The number of rotatable bonds is 2. The highest BCUT2D eigenvalue weighted by molar-refractivity contribution is 7.91. The van der Waals surface area contributed by atoms with Crippen LogP contribution < -0.4 is 0 Å². The molecule has 2 rings (SSSR count). The molecule has 19 heavy (non-hydrogen) atoms. The molecule has 2 aliphatic carbocycles. The molecule has 4 heteroatoms. The standard InChI is InChI=1S/C15H28O3S/c1-11-6-5-9-15(16,12(11)2)13-7-4-8-14(10-13)19(3,17)18/h11-14,16H,4-10H2,1-3H3. The van der Waals surface area contributed by atoms with Crippen LogP contribution in [0.25, 0.3) is 0 Å². The zero-order valence-corrected chi connectivity index (χ0v) is 13.2. The highest BCUT2D eigenvalue weighted by atomic mass is 32.2. The lowest BCUT2D eigenvalue weighted by Crippen LogP contribution is -2.51. The summed E-state index contributed by atoms with van der Waals surface area (Å²) >= 11 is 0. The zero-order valence-electron chi connectivity index (χ0n) is 12.4. The maximum atomic E-state index is 11.8.